The van der Waals surface area contributed by atoms with Crippen molar-refractivity contribution < 1.29 is 18.9 Å². The Hall–Kier alpha value is -1.45. The Bertz CT molecular complexity index is 573. The molecule has 25 heavy (non-hydrogen) atoms. The minimum absolute atomic E-state index is 0.167. The van der Waals surface area contributed by atoms with Crippen LogP contribution in [0.25, 0.3) is 11.1 Å². The van der Waals surface area contributed by atoms with Gasteiger partial charge in [0, 0.05) is 0 Å². The maximum atomic E-state index is 10.4. The third-order valence-corrected chi connectivity index (χ3v) is 4.39. The number of hydrogen-bond donors (Lipinski definition) is 2. The fourth-order valence-electron chi connectivity index (χ4n) is 2.36. The highest BCUT2D eigenvalue weighted by atomic mass is 31.2. The minimum Gasteiger partial charge on any atom is -0.303 e. The van der Waals surface area contributed by atoms with Crippen LogP contribution in [-0.2, 0) is 9.09 Å². The first-order valence-corrected chi connectivity index (χ1v) is 10.3. The topological polar surface area (TPSA) is 66.8 Å². The molecule has 1 unspecified atom stereocenters. The van der Waals surface area contributed by atoms with Gasteiger partial charge in [-0.2, -0.15) is 0 Å². The Labute approximate surface area is 151 Å². The van der Waals surface area contributed by atoms with Crippen LogP contribution in [0, 0.1) is 5.92 Å². The fraction of sp³-hybridized carbons (Fsp3) is 0.400. The molecule has 2 aromatic rings. The van der Waals surface area contributed by atoms with Gasteiger partial charge in [-0.1, -0.05) is 93.8 Å². The number of phosphoric ester groups is 1. The summed E-state index contributed by atoms with van der Waals surface area (Å²) in [5.41, 5.74) is 2.55. The van der Waals surface area contributed by atoms with Crippen molar-refractivity contribution in [3.8, 4) is 11.1 Å². The van der Waals surface area contributed by atoms with Gasteiger partial charge in [0.1, 0.15) is 0 Å². The van der Waals surface area contributed by atoms with Crippen LogP contribution in [0.1, 0.15) is 39.5 Å². The number of phosphoric acid groups is 1. The normalized spacial score (nSPS) is 12.2. The van der Waals surface area contributed by atoms with Gasteiger partial charge >= 0.3 is 7.82 Å². The molecular weight excluding hydrogens is 335 g/mol. The molecule has 0 bridgehead atoms. The lowest BCUT2D eigenvalue weighted by molar-refractivity contribution is 0.161. The predicted molar refractivity (Wildman–Crippen MR) is 103 cm³/mol. The fourth-order valence-corrected chi connectivity index (χ4v) is 2.77. The lowest BCUT2D eigenvalue weighted by Crippen LogP contribution is -2.07. The largest absolute Gasteiger partial charge is 0.469 e. The van der Waals surface area contributed by atoms with Gasteiger partial charge in [-0.15, -0.1) is 0 Å². The second-order valence-electron chi connectivity index (χ2n) is 5.93. The van der Waals surface area contributed by atoms with Crippen molar-refractivity contribution >= 4 is 7.82 Å². The minimum atomic E-state index is -4.26. The SMILES string of the molecule is CCCCC(CC)COP(=O)(O)O.c1ccc(-c2ccccc2)cc1. The number of hydrogen-bond acceptors (Lipinski definition) is 2. The van der Waals surface area contributed by atoms with Gasteiger partial charge in [0.05, 0.1) is 6.61 Å². The molecule has 4 nitrogen and oxygen atoms in total. The first kappa shape index (κ1) is 21.6. The first-order chi connectivity index (χ1) is 12.0. The molecule has 0 fully saturated rings. The van der Waals surface area contributed by atoms with E-state index >= 15 is 0 Å². The molecule has 2 aromatic carbocycles. The second-order valence-corrected chi connectivity index (χ2v) is 7.17. The molecule has 2 N–H and O–H groups in total. The molecule has 0 spiro atoms. The third kappa shape index (κ3) is 10.2. The van der Waals surface area contributed by atoms with Crippen LogP contribution in [0.5, 0.6) is 0 Å². The summed E-state index contributed by atoms with van der Waals surface area (Å²) in [7, 11) is -4.26. The Morgan fingerprint density at radius 1 is 0.920 bits per heavy atom. The first-order valence-electron chi connectivity index (χ1n) is 8.76. The van der Waals surface area contributed by atoms with Crippen LogP contribution in [0.3, 0.4) is 0 Å². The summed E-state index contributed by atoms with van der Waals surface area (Å²) in [5.74, 6) is 0.271. The highest BCUT2D eigenvalue weighted by Gasteiger charge is 2.16. The van der Waals surface area contributed by atoms with Crippen molar-refractivity contribution in [2.24, 2.45) is 5.92 Å². The molecule has 5 heteroatoms. The molecule has 1 atom stereocenters. The molecular formula is C20H29O4P. The molecule has 0 radical (unpaired) electrons. The zero-order chi connectivity index (χ0) is 18.5. The van der Waals surface area contributed by atoms with Gasteiger partial charge in [0.15, 0.2) is 0 Å². The molecule has 0 aliphatic rings. The Morgan fingerprint density at radius 2 is 1.40 bits per heavy atom. The zero-order valence-corrected chi connectivity index (χ0v) is 15.9. The summed E-state index contributed by atoms with van der Waals surface area (Å²) in [5, 5.41) is 0. The van der Waals surface area contributed by atoms with Crippen molar-refractivity contribution in [1.29, 1.82) is 0 Å². The molecule has 0 aliphatic heterocycles. The van der Waals surface area contributed by atoms with E-state index < -0.39 is 7.82 Å². The van der Waals surface area contributed by atoms with Crippen molar-refractivity contribution in [2.75, 3.05) is 6.61 Å². The van der Waals surface area contributed by atoms with Gasteiger partial charge in [0.25, 0.3) is 0 Å². The van der Waals surface area contributed by atoms with Crippen LogP contribution in [-0.4, -0.2) is 16.4 Å². The summed E-state index contributed by atoms with van der Waals surface area (Å²) in [6.07, 6.45) is 4.07. The maximum Gasteiger partial charge on any atom is 0.469 e. The van der Waals surface area contributed by atoms with E-state index in [4.69, 9.17) is 9.79 Å². The van der Waals surface area contributed by atoms with Crippen molar-refractivity contribution in [3.05, 3.63) is 60.7 Å². The predicted octanol–water partition coefficient (Wildman–Crippen LogP) is 5.67. The van der Waals surface area contributed by atoms with Gasteiger partial charge in [0.2, 0.25) is 0 Å². The maximum absolute atomic E-state index is 10.4. The summed E-state index contributed by atoms with van der Waals surface area (Å²) >= 11 is 0. The van der Waals surface area contributed by atoms with E-state index in [0.717, 1.165) is 25.7 Å². The molecule has 0 aromatic heterocycles. The summed E-state index contributed by atoms with van der Waals surface area (Å²) in [6, 6.07) is 20.8. The Morgan fingerprint density at radius 3 is 1.76 bits per heavy atom. The molecule has 0 saturated heterocycles. The monoisotopic (exact) mass is 364 g/mol. The molecule has 0 heterocycles. The summed E-state index contributed by atoms with van der Waals surface area (Å²) < 4.78 is 14.8. The van der Waals surface area contributed by atoms with Crippen LogP contribution in [0.4, 0.5) is 0 Å². The number of unbranched alkanes of at least 4 members (excludes halogenated alkanes) is 1. The smallest absolute Gasteiger partial charge is 0.303 e. The van der Waals surface area contributed by atoms with Gasteiger partial charge in [-0.25, -0.2) is 4.57 Å². The van der Waals surface area contributed by atoms with Crippen LogP contribution in [0.2, 0.25) is 0 Å². The van der Waals surface area contributed by atoms with Crippen LogP contribution < -0.4 is 0 Å². The van der Waals surface area contributed by atoms with Crippen molar-refractivity contribution in [2.45, 2.75) is 39.5 Å². The van der Waals surface area contributed by atoms with Crippen LogP contribution in [0.15, 0.2) is 60.7 Å². The molecule has 0 aliphatic carbocycles. The third-order valence-electron chi connectivity index (χ3n) is 3.90. The molecule has 138 valence electrons. The van der Waals surface area contributed by atoms with Gasteiger partial charge < -0.3 is 9.79 Å². The molecule has 0 amide bonds. The van der Waals surface area contributed by atoms with Gasteiger partial charge in [-0.05, 0) is 23.5 Å². The Balaban J connectivity index is 0.000000250. The standard InChI is InChI=1S/C12H10.C8H19O4P/c1-3-7-11(8-4-1)12-9-5-2-6-10-12;1-3-5-6-8(4-2)7-12-13(9,10)11/h1-10H;8H,3-7H2,1-2H3,(H2,9,10,11). The highest BCUT2D eigenvalue weighted by molar-refractivity contribution is 7.46. The number of rotatable bonds is 8. The highest BCUT2D eigenvalue weighted by Crippen LogP contribution is 2.36. The average molecular weight is 364 g/mol. The zero-order valence-electron chi connectivity index (χ0n) is 15.0. The van der Waals surface area contributed by atoms with E-state index in [1.807, 2.05) is 19.1 Å². The van der Waals surface area contributed by atoms with E-state index in [1.165, 1.54) is 11.1 Å². The van der Waals surface area contributed by atoms with E-state index in [2.05, 4.69) is 60.0 Å². The van der Waals surface area contributed by atoms with E-state index in [9.17, 15) is 4.57 Å². The van der Waals surface area contributed by atoms with Crippen molar-refractivity contribution in [3.63, 3.8) is 0 Å². The quantitative estimate of drug-likeness (QED) is 0.593. The molecule has 2 rings (SSSR count). The van der Waals surface area contributed by atoms with Crippen LogP contribution >= 0.6 is 7.82 Å². The number of benzene rings is 2. The van der Waals surface area contributed by atoms with E-state index in [1.54, 1.807) is 0 Å². The Kier molecular flexibility index (Phi) is 10.4. The average Bonchev–Trinajstić information content (AvgIpc) is 2.63. The van der Waals surface area contributed by atoms with Crippen molar-refractivity contribution in [1.82, 2.24) is 0 Å². The molecule has 0 saturated carbocycles. The second kappa shape index (κ2) is 12.0. The lowest BCUT2D eigenvalue weighted by atomic mass is 10.0. The lowest BCUT2D eigenvalue weighted by Gasteiger charge is -2.14. The summed E-state index contributed by atoms with van der Waals surface area (Å²) in [6.45, 7) is 4.26. The van der Waals surface area contributed by atoms with E-state index in [0.29, 0.717) is 0 Å². The van der Waals surface area contributed by atoms with E-state index in [-0.39, 0.29) is 12.5 Å². The van der Waals surface area contributed by atoms with Gasteiger partial charge in [-0.3, -0.25) is 4.52 Å². The summed E-state index contributed by atoms with van der Waals surface area (Å²) in [4.78, 5) is 17.0.